The Kier molecular flexibility index (Phi) is 5.00. The Labute approximate surface area is 176 Å². The molecule has 2 fully saturated rings. The predicted molar refractivity (Wildman–Crippen MR) is 115 cm³/mol. The van der Waals surface area contributed by atoms with Gasteiger partial charge in [0.1, 0.15) is 5.75 Å². The van der Waals surface area contributed by atoms with E-state index in [1.165, 1.54) is 24.0 Å². The Morgan fingerprint density at radius 3 is 2.41 bits per heavy atom. The molecule has 2 aliphatic rings. The zero-order chi connectivity index (χ0) is 20.0. The fourth-order valence-electron chi connectivity index (χ4n) is 5.02. The predicted octanol–water partition coefficient (Wildman–Crippen LogP) is 5.88. The van der Waals surface area contributed by atoms with Crippen LogP contribution in [0.2, 0.25) is 5.02 Å². The largest absolute Gasteiger partial charge is 0.497 e. The summed E-state index contributed by atoms with van der Waals surface area (Å²) in [5, 5.41) is 12.2. The molecule has 0 spiro atoms. The summed E-state index contributed by atoms with van der Waals surface area (Å²) in [6, 6.07) is 10.3. The van der Waals surface area contributed by atoms with Gasteiger partial charge in [-0.3, -0.25) is 0 Å². The summed E-state index contributed by atoms with van der Waals surface area (Å²) in [6.45, 7) is 0. The summed E-state index contributed by atoms with van der Waals surface area (Å²) >= 11 is 6.51. The molecule has 29 heavy (non-hydrogen) atoms. The molecular weight excluding hydrogens is 384 g/mol. The van der Waals surface area contributed by atoms with Crippen LogP contribution in [0.25, 0.3) is 5.52 Å². The molecule has 3 aromatic rings. The molecule has 5 rings (SSSR count). The highest BCUT2D eigenvalue weighted by atomic mass is 35.5. The van der Waals surface area contributed by atoms with Crippen LogP contribution in [-0.4, -0.2) is 21.6 Å². The smallest absolute Gasteiger partial charge is 0.120 e. The number of halogens is 1. The van der Waals surface area contributed by atoms with Crippen molar-refractivity contribution in [2.75, 3.05) is 7.11 Å². The summed E-state index contributed by atoms with van der Waals surface area (Å²) in [5.41, 5.74) is 4.63. The third-order valence-electron chi connectivity index (χ3n) is 6.82. The number of fused-ring (bicyclic) bond motifs is 1. The monoisotopic (exact) mass is 410 g/mol. The van der Waals surface area contributed by atoms with Crippen LogP contribution in [0, 0.1) is 5.92 Å². The molecule has 0 unspecified atom stereocenters. The van der Waals surface area contributed by atoms with Crippen LogP contribution >= 0.6 is 11.6 Å². The lowest BCUT2D eigenvalue weighted by molar-refractivity contribution is 0.0754. The second kappa shape index (κ2) is 7.66. The molecular formula is C24H27ClN2O2. The standard InChI is InChI=1S/C24H27ClN2O2/c1-29-19-9-11-20(22(25)12-19)15-4-6-17(7-5-15)24(28)23-21(16-2-3-16)10-8-18-13-26-14-27(18)23/h8-17,24,28H,2-7H2,1H3/t15-,17-,24-/m0/s1. The highest BCUT2D eigenvalue weighted by Crippen LogP contribution is 2.47. The number of rotatable bonds is 5. The van der Waals surface area contributed by atoms with Crippen LogP contribution in [0.15, 0.2) is 42.9 Å². The number of ether oxygens (including phenoxy) is 1. The zero-order valence-corrected chi connectivity index (χ0v) is 17.5. The molecule has 2 aliphatic carbocycles. The third kappa shape index (κ3) is 3.53. The number of methoxy groups -OCH3 is 1. The summed E-state index contributed by atoms with van der Waals surface area (Å²) in [5.74, 6) is 2.11. The highest BCUT2D eigenvalue weighted by Gasteiger charge is 2.34. The van der Waals surface area contributed by atoms with E-state index in [0.717, 1.165) is 47.7 Å². The Bertz CT molecular complexity index is 1020. The van der Waals surface area contributed by atoms with Gasteiger partial charge < -0.3 is 14.2 Å². The molecule has 1 aromatic carbocycles. The van der Waals surface area contributed by atoms with Gasteiger partial charge in [0.25, 0.3) is 0 Å². The average Bonchev–Trinajstić information content (AvgIpc) is 3.49. The number of hydrogen-bond acceptors (Lipinski definition) is 3. The molecule has 0 saturated heterocycles. The molecule has 2 saturated carbocycles. The van der Waals surface area contributed by atoms with Crippen LogP contribution in [0.4, 0.5) is 0 Å². The zero-order valence-electron chi connectivity index (χ0n) is 16.7. The maximum absolute atomic E-state index is 11.4. The average molecular weight is 411 g/mol. The minimum atomic E-state index is -0.448. The molecule has 0 aliphatic heterocycles. The van der Waals surface area contributed by atoms with Crippen molar-refractivity contribution in [2.45, 2.75) is 56.5 Å². The van der Waals surface area contributed by atoms with Crippen molar-refractivity contribution in [1.29, 1.82) is 0 Å². The number of benzene rings is 1. The maximum atomic E-state index is 11.4. The lowest BCUT2D eigenvalue weighted by atomic mass is 9.75. The van der Waals surface area contributed by atoms with Gasteiger partial charge in [0.2, 0.25) is 0 Å². The first kappa shape index (κ1) is 19.0. The minimum absolute atomic E-state index is 0.272. The molecule has 2 aromatic heterocycles. The summed E-state index contributed by atoms with van der Waals surface area (Å²) in [6.07, 6.45) is 9.82. The van der Waals surface area contributed by atoms with E-state index in [2.05, 4.69) is 27.6 Å². The summed E-state index contributed by atoms with van der Waals surface area (Å²) in [4.78, 5) is 4.31. The first-order valence-electron chi connectivity index (χ1n) is 10.6. The van der Waals surface area contributed by atoms with Gasteiger partial charge in [0.15, 0.2) is 0 Å². The third-order valence-corrected chi connectivity index (χ3v) is 7.15. The Morgan fingerprint density at radius 1 is 1.03 bits per heavy atom. The number of pyridine rings is 1. The summed E-state index contributed by atoms with van der Waals surface area (Å²) < 4.78 is 7.38. The molecule has 0 amide bonds. The number of aliphatic hydroxyl groups is 1. The molecule has 5 heteroatoms. The molecule has 1 atom stereocenters. The fourth-order valence-corrected chi connectivity index (χ4v) is 5.34. The fraction of sp³-hybridized carbons (Fsp3) is 0.458. The highest BCUT2D eigenvalue weighted by molar-refractivity contribution is 6.31. The van der Waals surface area contributed by atoms with E-state index in [1.807, 2.05) is 24.7 Å². The number of nitrogens with zero attached hydrogens (tertiary/aromatic N) is 2. The topological polar surface area (TPSA) is 46.8 Å². The van der Waals surface area contributed by atoms with E-state index < -0.39 is 6.10 Å². The Morgan fingerprint density at radius 2 is 1.72 bits per heavy atom. The molecule has 1 N–H and O–H groups in total. The minimum Gasteiger partial charge on any atom is -0.497 e. The van der Waals surface area contributed by atoms with Gasteiger partial charge in [-0.2, -0.15) is 0 Å². The number of hydrogen-bond donors (Lipinski definition) is 1. The first-order chi connectivity index (χ1) is 14.2. The van der Waals surface area contributed by atoms with Gasteiger partial charge in [-0.1, -0.05) is 23.7 Å². The Balaban J connectivity index is 1.36. The number of imidazole rings is 1. The molecule has 0 radical (unpaired) electrons. The quantitative estimate of drug-likeness (QED) is 0.571. The van der Waals surface area contributed by atoms with E-state index in [4.69, 9.17) is 16.3 Å². The summed E-state index contributed by atoms with van der Waals surface area (Å²) in [7, 11) is 1.66. The SMILES string of the molecule is COc1ccc([C@H]2CC[C@H]([C@H](O)c3c(C4CC4)ccc4cncn34)CC2)c(Cl)c1. The normalized spacial score (nSPS) is 23.3. The van der Waals surface area contributed by atoms with Gasteiger partial charge in [-0.15, -0.1) is 0 Å². The maximum Gasteiger partial charge on any atom is 0.120 e. The molecule has 152 valence electrons. The van der Waals surface area contributed by atoms with Gasteiger partial charge in [-0.25, -0.2) is 4.98 Å². The second-order valence-electron chi connectivity index (χ2n) is 8.58. The molecule has 2 heterocycles. The molecule has 4 nitrogen and oxygen atoms in total. The van der Waals surface area contributed by atoms with E-state index in [-0.39, 0.29) is 5.92 Å². The van der Waals surface area contributed by atoms with Crippen molar-refractivity contribution in [2.24, 2.45) is 5.92 Å². The van der Waals surface area contributed by atoms with Crippen molar-refractivity contribution >= 4 is 17.1 Å². The van der Waals surface area contributed by atoms with Crippen molar-refractivity contribution < 1.29 is 9.84 Å². The van der Waals surface area contributed by atoms with Crippen LogP contribution in [0.5, 0.6) is 5.75 Å². The lowest BCUT2D eigenvalue weighted by Crippen LogP contribution is -2.22. The van der Waals surface area contributed by atoms with Crippen molar-refractivity contribution in [3.05, 3.63) is 64.7 Å². The Hall–Kier alpha value is -2.04. The number of aromatic nitrogens is 2. The van der Waals surface area contributed by atoms with Gasteiger partial charge in [-0.05, 0) is 85.6 Å². The van der Waals surface area contributed by atoms with Gasteiger partial charge in [0, 0.05) is 5.02 Å². The lowest BCUT2D eigenvalue weighted by Gasteiger charge is -2.33. The van der Waals surface area contributed by atoms with Gasteiger partial charge in [0.05, 0.1) is 36.9 Å². The number of aliphatic hydroxyl groups excluding tert-OH is 1. The van der Waals surface area contributed by atoms with Crippen LogP contribution < -0.4 is 4.74 Å². The first-order valence-corrected chi connectivity index (χ1v) is 11.0. The van der Waals surface area contributed by atoms with Crippen LogP contribution in [0.3, 0.4) is 0 Å². The van der Waals surface area contributed by atoms with E-state index >= 15 is 0 Å². The van der Waals surface area contributed by atoms with Crippen molar-refractivity contribution in [3.8, 4) is 5.75 Å². The molecule has 0 bridgehead atoms. The van der Waals surface area contributed by atoms with Crippen LogP contribution in [-0.2, 0) is 0 Å². The van der Waals surface area contributed by atoms with Crippen LogP contribution in [0.1, 0.15) is 73.3 Å². The van der Waals surface area contributed by atoms with Gasteiger partial charge >= 0.3 is 0 Å². The van der Waals surface area contributed by atoms with E-state index in [1.54, 1.807) is 7.11 Å². The van der Waals surface area contributed by atoms with E-state index in [9.17, 15) is 5.11 Å². The van der Waals surface area contributed by atoms with Crippen molar-refractivity contribution in [1.82, 2.24) is 9.38 Å². The van der Waals surface area contributed by atoms with Crippen molar-refractivity contribution in [3.63, 3.8) is 0 Å². The second-order valence-corrected chi connectivity index (χ2v) is 8.99. The van der Waals surface area contributed by atoms with E-state index in [0.29, 0.717) is 11.8 Å².